The normalized spacial score (nSPS) is 12.4. The molecule has 1 rings (SSSR count). The minimum atomic E-state index is -0.276. The van der Waals surface area contributed by atoms with Crippen molar-refractivity contribution in [1.29, 1.82) is 0 Å². The fourth-order valence-electron chi connectivity index (χ4n) is 2.38. The third kappa shape index (κ3) is 5.49. The minimum absolute atomic E-state index is 0.243. The van der Waals surface area contributed by atoms with Crippen molar-refractivity contribution in [3.8, 4) is 5.75 Å². The molecule has 0 bridgehead atoms. The lowest BCUT2D eigenvalue weighted by atomic mass is 9.99. The maximum Gasteiger partial charge on any atom is 0.165 e. The lowest BCUT2D eigenvalue weighted by molar-refractivity contribution is 0.384. The van der Waals surface area contributed by atoms with Crippen LogP contribution >= 0.6 is 0 Å². The van der Waals surface area contributed by atoms with E-state index in [1.54, 1.807) is 12.1 Å². The lowest BCUT2D eigenvalue weighted by Crippen LogP contribution is -2.22. The van der Waals surface area contributed by atoms with Crippen LogP contribution in [0.2, 0.25) is 0 Å². The Morgan fingerprint density at radius 1 is 1.15 bits per heavy atom. The van der Waals surface area contributed by atoms with Crippen LogP contribution in [-0.2, 0) is 0 Å². The van der Waals surface area contributed by atoms with Crippen LogP contribution in [0.25, 0.3) is 0 Å². The molecule has 1 unspecified atom stereocenters. The molecule has 0 heterocycles. The third-order valence-electron chi connectivity index (χ3n) is 3.57. The van der Waals surface area contributed by atoms with Gasteiger partial charge in [0, 0.05) is 6.04 Å². The van der Waals surface area contributed by atoms with Crippen LogP contribution in [0.4, 0.5) is 4.39 Å². The number of benzene rings is 1. The number of nitrogens with one attached hydrogen (secondary N) is 1. The molecule has 0 fully saturated rings. The molecular formula is C17H28FNO. The van der Waals surface area contributed by atoms with Crippen LogP contribution in [-0.4, -0.2) is 13.7 Å². The highest BCUT2D eigenvalue weighted by atomic mass is 19.1. The zero-order valence-corrected chi connectivity index (χ0v) is 13.0. The predicted molar refractivity (Wildman–Crippen MR) is 82.7 cm³/mol. The van der Waals surface area contributed by atoms with Crippen LogP contribution in [0, 0.1) is 5.82 Å². The maximum atomic E-state index is 13.8. The number of hydrogen-bond acceptors (Lipinski definition) is 2. The first-order valence-corrected chi connectivity index (χ1v) is 7.79. The first kappa shape index (κ1) is 17.0. The number of ether oxygens (including phenoxy) is 1. The molecular weight excluding hydrogens is 253 g/mol. The van der Waals surface area contributed by atoms with Gasteiger partial charge in [-0.3, -0.25) is 0 Å². The van der Waals surface area contributed by atoms with Gasteiger partial charge in [0.25, 0.3) is 0 Å². The quantitative estimate of drug-likeness (QED) is 0.619. The number of rotatable bonds is 10. The zero-order valence-electron chi connectivity index (χ0n) is 13.0. The smallest absolute Gasteiger partial charge is 0.165 e. The van der Waals surface area contributed by atoms with Crippen molar-refractivity contribution < 1.29 is 9.13 Å². The molecule has 0 aliphatic carbocycles. The molecule has 20 heavy (non-hydrogen) atoms. The topological polar surface area (TPSA) is 21.3 Å². The molecule has 0 spiro atoms. The van der Waals surface area contributed by atoms with Crippen molar-refractivity contribution in [1.82, 2.24) is 5.32 Å². The third-order valence-corrected chi connectivity index (χ3v) is 3.57. The highest BCUT2D eigenvalue weighted by Crippen LogP contribution is 2.25. The van der Waals surface area contributed by atoms with Crippen LogP contribution in [0.1, 0.15) is 64.0 Å². The van der Waals surface area contributed by atoms with E-state index in [9.17, 15) is 4.39 Å². The summed E-state index contributed by atoms with van der Waals surface area (Å²) < 4.78 is 18.8. The Balaban J connectivity index is 2.68. The van der Waals surface area contributed by atoms with Gasteiger partial charge in [-0.2, -0.15) is 0 Å². The fraction of sp³-hybridized carbons (Fsp3) is 0.647. The second-order valence-corrected chi connectivity index (χ2v) is 5.25. The first-order valence-electron chi connectivity index (χ1n) is 7.79. The van der Waals surface area contributed by atoms with E-state index in [1.165, 1.54) is 32.8 Å². The van der Waals surface area contributed by atoms with Gasteiger partial charge in [0.1, 0.15) is 0 Å². The molecule has 0 aliphatic rings. The van der Waals surface area contributed by atoms with Gasteiger partial charge in [-0.1, -0.05) is 45.6 Å². The molecule has 114 valence electrons. The van der Waals surface area contributed by atoms with Crippen molar-refractivity contribution in [2.75, 3.05) is 13.7 Å². The molecule has 0 amide bonds. The monoisotopic (exact) mass is 281 g/mol. The largest absolute Gasteiger partial charge is 0.494 e. The molecule has 0 saturated heterocycles. The molecule has 0 aliphatic heterocycles. The van der Waals surface area contributed by atoms with E-state index >= 15 is 0 Å². The van der Waals surface area contributed by atoms with Crippen molar-refractivity contribution in [2.24, 2.45) is 0 Å². The number of halogens is 1. The second-order valence-electron chi connectivity index (χ2n) is 5.25. The van der Waals surface area contributed by atoms with Gasteiger partial charge in [-0.05, 0) is 37.1 Å². The van der Waals surface area contributed by atoms with Gasteiger partial charge in [-0.15, -0.1) is 0 Å². The van der Waals surface area contributed by atoms with Gasteiger partial charge in [0.05, 0.1) is 7.11 Å². The summed E-state index contributed by atoms with van der Waals surface area (Å²) >= 11 is 0. The molecule has 1 N–H and O–H groups in total. The Kier molecular flexibility index (Phi) is 8.28. The minimum Gasteiger partial charge on any atom is -0.494 e. The Morgan fingerprint density at radius 3 is 2.55 bits per heavy atom. The summed E-state index contributed by atoms with van der Waals surface area (Å²) in [5, 5.41) is 3.52. The highest BCUT2D eigenvalue weighted by molar-refractivity contribution is 5.31. The van der Waals surface area contributed by atoms with Gasteiger partial charge in [-0.25, -0.2) is 4.39 Å². The Hall–Kier alpha value is -1.09. The van der Waals surface area contributed by atoms with Gasteiger partial charge in [0.2, 0.25) is 0 Å². The molecule has 0 radical (unpaired) electrons. The van der Waals surface area contributed by atoms with Crippen molar-refractivity contribution in [3.63, 3.8) is 0 Å². The number of hydrogen-bond donors (Lipinski definition) is 1. The molecule has 1 aromatic rings. The molecule has 1 aromatic carbocycles. The van der Waals surface area contributed by atoms with Crippen molar-refractivity contribution in [3.05, 3.63) is 29.6 Å². The van der Waals surface area contributed by atoms with E-state index < -0.39 is 0 Å². The average molecular weight is 281 g/mol. The summed E-state index contributed by atoms with van der Waals surface area (Å²) in [5.74, 6) is 0.0378. The highest BCUT2D eigenvalue weighted by Gasteiger charge is 2.13. The van der Waals surface area contributed by atoms with Crippen molar-refractivity contribution in [2.45, 2.75) is 58.4 Å². The number of unbranched alkanes of at least 4 members (excludes halogenated alkanes) is 3. The summed E-state index contributed by atoms with van der Waals surface area (Å²) in [7, 11) is 1.50. The van der Waals surface area contributed by atoms with Crippen LogP contribution in [0.15, 0.2) is 18.2 Å². The first-order chi connectivity index (χ1) is 9.72. The Bertz CT molecular complexity index is 381. The van der Waals surface area contributed by atoms with E-state index in [-0.39, 0.29) is 11.9 Å². The lowest BCUT2D eigenvalue weighted by Gasteiger charge is -2.19. The van der Waals surface area contributed by atoms with Gasteiger partial charge >= 0.3 is 0 Å². The number of methoxy groups -OCH3 is 1. The molecule has 0 aromatic heterocycles. The summed E-state index contributed by atoms with van der Waals surface area (Å²) in [6.07, 6.45) is 7.10. The van der Waals surface area contributed by atoms with Crippen LogP contribution in [0.3, 0.4) is 0 Å². The molecule has 1 atom stereocenters. The van der Waals surface area contributed by atoms with Crippen molar-refractivity contribution >= 4 is 0 Å². The molecule has 2 nitrogen and oxygen atoms in total. The fourth-order valence-corrected chi connectivity index (χ4v) is 2.38. The van der Waals surface area contributed by atoms with E-state index in [1.807, 2.05) is 6.07 Å². The van der Waals surface area contributed by atoms with E-state index in [0.717, 1.165) is 24.9 Å². The zero-order chi connectivity index (χ0) is 14.8. The maximum absolute atomic E-state index is 13.8. The second kappa shape index (κ2) is 9.76. The van der Waals surface area contributed by atoms with Crippen LogP contribution < -0.4 is 10.1 Å². The average Bonchev–Trinajstić information content (AvgIpc) is 2.46. The van der Waals surface area contributed by atoms with E-state index in [2.05, 4.69) is 19.2 Å². The van der Waals surface area contributed by atoms with Gasteiger partial charge < -0.3 is 10.1 Å². The standard InChI is InChI=1S/C17H28FNO/c1-4-6-7-8-9-16(19-12-5-2)14-10-11-17(20-3)15(18)13-14/h10-11,13,16,19H,4-9,12H2,1-3H3. The predicted octanol–water partition coefficient (Wildman–Crippen LogP) is 4.85. The van der Waals surface area contributed by atoms with Crippen LogP contribution in [0.5, 0.6) is 5.75 Å². The van der Waals surface area contributed by atoms with E-state index in [0.29, 0.717) is 5.75 Å². The summed E-state index contributed by atoms with van der Waals surface area (Å²) in [5.41, 5.74) is 1.02. The summed E-state index contributed by atoms with van der Waals surface area (Å²) in [6, 6.07) is 5.53. The van der Waals surface area contributed by atoms with Gasteiger partial charge in [0.15, 0.2) is 11.6 Å². The van der Waals surface area contributed by atoms with E-state index in [4.69, 9.17) is 4.74 Å². The SMILES string of the molecule is CCCCCCC(NCCC)c1ccc(OC)c(F)c1. The Labute approximate surface area is 122 Å². The summed E-state index contributed by atoms with van der Waals surface area (Å²) in [6.45, 7) is 5.33. The summed E-state index contributed by atoms with van der Waals surface area (Å²) in [4.78, 5) is 0. The molecule has 3 heteroatoms. The molecule has 0 saturated carbocycles. The Morgan fingerprint density at radius 2 is 1.95 bits per heavy atom.